The smallest absolute Gasteiger partial charge is 0.379 e. The summed E-state index contributed by atoms with van der Waals surface area (Å²) in [5.41, 5.74) is 2.06. The van der Waals surface area contributed by atoms with Crippen molar-refractivity contribution in [1.29, 1.82) is 5.26 Å². The summed E-state index contributed by atoms with van der Waals surface area (Å²) in [6.45, 7) is 7.19. The number of thiazole rings is 1. The number of nitrogens with zero attached hydrogens (tertiary/aromatic N) is 4. The van der Waals surface area contributed by atoms with Crippen LogP contribution in [0.2, 0.25) is 0 Å². The summed E-state index contributed by atoms with van der Waals surface area (Å²) in [5.74, 6) is -1.18. The van der Waals surface area contributed by atoms with E-state index >= 15 is 0 Å². The standard InChI is InChI=1S/C27H31F3N6O3S/c1-3-7-35-16-18(15-34-8-10-39-11-9-34)20-12-19(5-6-22(20)35)32-14-23-25(38)36(4-2)26(40-23)21(13-31)24(37)33-17-27(28,29)30/h5-6,12,14,16,32H,3-4,7-11,15,17H2,1-2H3,(H,33,37)/b23-14-,26-21+. The number of aryl methyl sites for hydroxylation is 1. The molecule has 2 aromatic heterocycles. The molecule has 4 rings (SSSR count). The molecule has 40 heavy (non-hydrogen) atoms. The van der Waals surface area contributed by atoms with Gasteiger partial charge in [0.25, 0.3) is 11.5 Å². The second-order valence-electron chi connectivity index (χ2n) is 9.36. The normalized spacial score (nSPS) is 15.8. The summed E-state index contributed by atoms with van der Waals surface area (Å²) in [5, 5.41) is 15.5. The van der Waals surface area contributed by atoms with Gasteiger partial charge in [0, 0.05) is 61.7 Å². The third-order valence-electron chi connectivity index (χ3n) is 6.52. The van der Waals surface area contributed by atoms with Crippen LogP contribution in [0.15, 0.2) is 29.2 Å². The molecule has 0 spiro atoms. The van der Waals surface area contributed by atoms with Gasteiger partial charge in [-0.05, 0) is 37.1 Å². The van der Waals surface area contributed by atoms with E-state index < -0.39 is 29.8 Å². The topological polar surface area (TPSA) is 104 Å². The maximum Gasteiger partial charge on any atom is 0.405 e. The molecule has 0 saturated carbocycles. The van der Waals surface area contributed by atoms with Gasteiger partial charge in [0.1, 0.15) is 21.8 Å². The number of amides is 1. The van der Waals surface area contributed by atoms with Crippen molar-refractivity contribution >= 4 is 45.6 Å². The van der Waals surface area contributed by atoms with Crippen LogP contribution in [0, 0.1) is 11.3 Å². The molecule has 3 aromatic rings. The average Bonchev–Trinajstić information content (AvgIpc) is 3.43. The Morgan fingerprint density at radius 1 is 1.25 bits per heavy atom. The number of alkyl halides is 3. The van der Waals surface area contributed by atoms with Crippen molar-refractivity contribution in [1.82, 2.24) is 19.4 Å². The second-order valence-corrected chi connectivity index (χ2v) is 10.4. The van der Waals surface area contributed by atoms with Crippen LogP contribution < -0.4 is 25.4 Å². The lowest BCUT2D eigenvalue weighted by Gasteiger charge is -2.26. The van der Waals surface area contributed by atoms with Crippen LogP contribution in [0.25, 0.3) is 22.7 Å². The summed E-state index contributed by atoms with van der Waals surface area (Å²) in [4.78, 5) is 27.7. The first kappa shape index (κ1) is 29.4. The number of carbonyl (C=O) groups excluding carboxylic acids is 1. The molecule has 13 heteroatoms. The summed E-state index contributed by atoms with van der Waals surface area (Å²) in [6.07, 6.45) is 0.0529. The lowest BCUT2D eigenvalue weighted by Crippen LogP contribution is -2.37. The number of carbonyl (C=O) groups is 1. The van der Waals surface area contributed by atoms with Crippen LogP contribution in [0.3, 0.4) is 0 Å². The van der Waals surface area contributed by atoms with Crippen LogP contribution in [0.5, 0.6) is 0 Å². The van der Waals surface area contributed by atoms with Gasteiger partial charge >= 0.3 is 6.18 Å². The first-order chi connectivity index (χ1) is 19.1. The van der Waals surface area contributed by atoms with Gasteiger partial charge in [-0.2, -0.15) is 18.4 Å². The minimum Gasteiger partial charge on any atom is -0.379 e. The number of rotatable bonds is 9. The first-order valence-corrected chi connectivity index (χ1v) is 13.8. The summed E-state index contributed by atoms with van der Waals surface area (Å²) in [6, 6.07) is 7.62. The van der Waals surface area contributed by atoms with E-state index in [4.69, 9.17) is 4.74 Å². The number of morpholine rings is 1. The Labute approximate surface area is 232 Å². The monoisotopic (exact) mass is 576 g/mol. The minimum absolute atomic E-state index is 0.00242. The van der Waals surface area contributed by atoms with Crippen molar-refractivity contribution in [2.75, 3.05) is 38.2 Å². The molecule has 1 aliphatic heterocycles. The zero-order chi connectivity index (χ0) is 28.9. The van der Waals surface area contributed by atoms with E-state index in [-0.39, 0.29) is 15.7 Å². The molecule has 1 saturated heterocycles. The highest BCUT2D eigenvalue weighted by molar-refractivity contribution is 7.07. The molecular formula is C27H31F3N6O3S. The zero-order valence-electron chi connectivity index (χ0n) is 22.3. The fourth-order valence-corrected chi connectivity index (χ4v) is 5.71. The Kier molecular flexibility index (Phi) is 9.34. The molecule has 0 atom stereocenters. The second kappa shape index (κ2) is 12.7. The highest BCUT2D eigenvalue weighted by Gasteiger charge is 2.29. The average molecular weight is 577 g/mol. The number of nitrogens with one attached hydrogen (secondary N) is 2. The van der Waals surface area contributed by atoms with Crippen molar-refractivity contribution in [3.63, 3.8) is 0 Å². The van der Waals surface area contributed by atoms with Gasteiger partial charge in [0.2, 0.25) is 0 Å². The first-order valence-electron chi connectivity index (χ1n) is 13.0. The molecule has 9 nitrogen and oxygen atoms in total. The van der Waals surface area contributed by atoms with Gasteiger partial charge in [0.05, 0.1) is 13.2 Å². The molecule has 0 bridgehead atoms. The number of aromatic nitrogens is 2. The number of nitriles is 1. The molecule has 1 amide bonds. The van der Waals surface area contributed by atoms with Crippen LogP contribution >= 0.6 is 11.3 Å². The Balaban J connectivity index is 1.68. The highest BCUT2D eigenvalue weighted by atomic mass is 32.1. The van der Waals surface area contributed by atoms with E-state index in [0.717, 1.165) is 60.5 Å². The fraction of sp³-hybridized carbons (Fsp3) is 0.444. The van der Waals surface area contributed by atoms with Crippen molar-refractivity contribution in [2.45, 2.75) is 46.1 Å². The maximum absolute atomic E-state index is 13.0. The SMILES string of the molecule is CCCn1cc(CN2CCOCC2)c2cc(N/C=c3\s/c(=C(\C#N)C(=O)NCC(F)(F)F)n(CC)c3=O)ccc21. The molecule has 2 N–H and O–H groups in total. The molecule has 0 unspecified atom stereocenters. The molecule has 1 fully saturated rings. The lowest BCUT2D eigenvalue weighted by molar-refractivity contribution is -0.135. The lowest BCUT2D eigenvalue weighted by atomic mass is 10.1. The fourth-order valence-electron chi connectivity index (χ4n) is 4.62. The number of benzene rings is 1. The van der Waals surface area contributed by atoms with Crippen molar-refractivity contribution in [3.05, 3.63) is 49.5 Å². The maximum atomic E-state index is 13.0. The third kappa shape index (κ3) is 6.75. The Morgan fingerprint density at radius 3 is 2.65 bits per heavy atom. The molecule has 1 aliphatic rings. The van der Waals surface area contributed by atoms with E-state index in [0.29, 0.717) is 13.2 Å². The molecule has 3 heterocycles. The number of anilines is 1. The highest BCUT2D eigenvalue weighted by Crippen LogP contribution is 2.27. The molecule has 0 radical (unpaired) electrons. The Hall–Kier alpha value is -3.60. The summed E-state index contributed by atoms with van der Waals surface area (Å²) < 4.78 is 46.8. The van der Waals surface area contributed by atoms with Gasteiger partial charge < -0.3 is 19.9 Å². The largest absolute Gasteiger partial charge is 0.405 e. The van der Waals surface area contributed by atoms with E-state index in [9.17, 15) is 28.0 Å². The van der Waals surface area contributed by atoms with Crippen LogP contribution in [0.4, 0.5) is 18.9 Å². The number of halogens is 3. The minimum atomic E-state index is -4.63. The Bertz CT molecular complexity index is 1590. The number of ether oxygens (including phenoxy) is 1. The van der Waals surface area contributed by atoms with Gasteiger partial charge in [-0.1, -0.05) is 6.92 Å². The molecular weight excluding hydrogens is 545 g/mol. The quantitative estimate of drug-likeness (QED) is 0.405. The zero-order valence-corrected chi connectivity index (χ0v) is 23.1. The van der Waals surface area contributed by atoms with Gasteiger partial charge in [-0.25, -0.2) is 0 Å². The Morgan fingerprint density at radius 2 is 2.00 bits per heavy atom. The van der Waals surface area contributed by atoms with Crippen LogP contribution in [-0.4, -0.2) is 59.0 Å². The van der Waals surface area contributed by atoms with Gasteiger partial charge in [-0.15, -0.1) is 11.3 Å². The molecule has 1 aromatic carbocycles. The van der Waals surface area contributed by atoms with Crippen molar-refractivity contribution in [2.24, 2.45) is 0 Å². The molecule has 214 valence electrons. The molecule has 0 aliphatic carbocycles. The van der Waals surface area contributed by atoms with Crippen LogP contribution in [-0.2, 0) is 29.2 Å². The van der Waals surface area contributed by atoms with E-state index in [1.165, 1.54) is 16.3 Å². The number of hydrogen-bond acceptors (Lipinski definition) is 7. The van der Waals surface area contributed by atoms with E-state index in [1.807, 2.05) is 18.2 Å². The van der Waals surface area contributed by atoms with Crippen molar-refractivity contribution < 1.29 is 22.7 Å². The predicted octanol–water partition coefficient (Wildman–Crippen LogP) is 2.33. The van der Waals surface area contributed by atoms with Crippen LogP contribution in [0.1, 0.15) is 25.8 Å². The van der Waals surface area contributed by atoms with E-state index in [1.54, 1.807) is 18.3 Å². The number of fused-ring (bicyclic) bond motifs is 1. The van der Waals surface area contributed by atoms with E-state index in [2.05, 4.69) is 27.9 Å². The van der Waals surface area contributed by atoms with Gasteiger partial charge in [0.15, 0.2) is 5.57 Å². The van der Waals surface area contributed by atoms with Gasteiger partial charge in [-0.3, -0.25) is 19.1 Å². The third-order valence-corrected chi connectivity index (χ3v) is 7.65. The summed E-state index contributed by atoms with van der Waals surface area (Å²) in [7, 11) is 0. The summed E-state index contributed by atoms with van der Waals surface area (Å²) >= 11 is 0.873. The van der Waals surface area contributed by atoms with Crippen molar-refractivity contribution in [3.8, 4) is 6.07 Å². The number of hydrogen-bond donors (Lipinski definition) is 2. The predicted molar refractivity (Wildman–Crippen MR) is 148 cm³/mol.